The van der Waals surface area contributed by atoms with E-state index >= 15 is 0 Å². The van der Waals surface area contributed by atoms with E-state index in [9.17, 15) is 0 Å². The number of hydrogen-bond donors (Lipinski definition) is 1. The van der Waals surface area contributed by atoms with Crippen molar-refractivity contribution >= 4 is 28.8 Å². The van der Waals surface area contributed by atoms with Crippen molar-refractivity contribution in [1.82, 2.24) is 5.16 Å². The number of hydrogen-bond acceptors (Lipinski definition) is 4. The molecule has 1 aromatic carbocycles. The van der Waals surface area contributed by atoms with Gasteiger partial charge in [-0.2, -0.15) is 0 Å². The first-order chi connectivity index (χ1) is 8.75. The second kappa shape index (κ2) is 4.48. The molecule has 0 atom stereocenters. The molecule has 3 aromatic rings. The third kappa shape index (κ3) is 1.89. The zero-order valence-corrected chi connectivity index (χ0v) is 10.8. The molecule has 5 heteroatoms. The van der Waals surface area contributed by atoms with Crippen LogP contribution in [0, 0.1) is 0 Å². The van der Waals surface area contributed by atoms with Gasteiger partial charge >= 0.3 is 0 Å². The normalized spacial score (nSPS) is 10.7. The third-order valence-corrected chi connectivity index (χ3v) is 3.68. The molecule has 0 amide bonds. The Morgan fingerprint density at radius 1 is 1.22 bits per heavy atom. The van der Waals surface area contributed by atoms with Gasteiger partial charge < -0.3 is 10.3 Å². The van der Waals surface area contributed by atoms with Crippen molar-refractivity contribution in [3.63, 3.8) is 0 Å². The van der Waals surface area contributed by atoms with E-state index in [2.05, 4.69) is 5.16 Å². The number of nitrogen functional groups attached to an aromatic ring is 1. The van der Waals surface area contributed by atoms with E-state index in [1.54, 1.807) is 11.3 Å². The van der Waals surface area contributed by atoms with Crippen LogP contribution in [-0.4, -0.2) is 5.16 Å². The van der Waals surface area contributed by atoms with Gasteiger partial charge in [-0.15, -0.1) is 11.3 Å². The summed E-state index contributed by atoms with van der Waals surface area (Å²) in [5.74, 6) is 1.06. The molecular formula is C13H9ClN2OS. The van der Waals surface area contributed by atoms with Gasteiger partial charge in [0, 0.05) is 5.02 Å². The Morgan fingerprint density at radius 2 is 2.11 bits per heavy atom. The number of aromatic nitrogens is 1. The number of anilines is 1. The van der Waals surface area contributed by atoms with Gasteiger partial charge in [-0.05, 0) is 29.1 Å². The topological polar surface area (TPSA) is 52.0 Å². The Morgan fingerprint density at radius 3 is 2.83 bits per heavy atom. The minimum Gasteiger partial charge on any atom is -0.380 e. The lowest BCUT2D eigenvalue weighted by molar-refractivity contribution is 0.437. The predicted molar refractivity (Wildman–Crippen MR) is 74.7 cm³/mol. The summed E-state index contributed by atoms with van der Waals surface area (Å²) in [5.41, 5.74) is 7.58. The highest BCUT2D eigenvalue weighted by Gasteiger charge is 2.18. The first-order valence-electron chi connectivity index (χ1n) is 5.30. The summed E-state index contributed by atoms with van der Waals surface area (Å²) < 4.78 is 5.33. The number of nitrogens with two attached hydrogens (primary N) is 1. The number of nitrogens with zero attached hydrogens (tertiary/aromatic N) is 1. The average Bonchev–Trinajstić information content (AvgIpc) is 2.97. The van der Waals surface area contributed by atoms with Crippen LogP contribution in [0.5, 0.6) is 0 Å². The van der Waals surface area contributed by atoms with Gasteiger partial charge in [0.2, 0.25) is 0 Å². The van der Waals surface area contributed by atoms with Gasteiger partial charge in [0.15, 0.2) is 11.6 Å². The summed E-state index contributed by atoms with van der Waals surface area (Å²) in [5, 5.41) is 6.48. The van der Waals surface area contributed by atoms with Gasteiger partial charge in [0.05, 0.1) is 10.4 Å². The summed E-state index contributed by atoms with van der Waals surface area (Å²) >= 11 is 7.58. The summed E-state index contributed by atoms with van der Waals surface area (Å²) in [7, 11) is 0. The van der Waals surface area contributed by atoms with Crippen LogP contribution in [0.3, 0.4) is 0 Å². The Balaban J connectivity index is 2.20. The lowest BCUT2D eigenvalue weighted by Crippen LogP contribution is -1.88. The largest absolute Gasteiger partial charge is 0.380 e. The molecule has 2 heterocycles. The molecular weight excluding hydrogens is 268 g/mol. The minimum atomic E-state index is 0.376. The molecule has 0 aliphatic carbocycles. The molecule has 0 aliphatic rings. The van der Waals surface area contributed by atoms with Crippen molar-refractivity contribution in [2.75, 3.05) is 5.73 Å². The fraction of sp³-hybridized carbons (Fsp3) is 0. The fourth-order valence-electron chi connectivity index (χ4n) is 1.80. The van der Waals surface area contributed by atoms with Gasteiger partial charge in [-0.1, -0.05) is 35.0 Å². The quantitative estimate of drug-likeness (QED) is 0.759. The minimum absolute atomic E-state index is 0.376. The van der Waals surface area contributed by atoms with Crippen molar-refractivity contribution in [2.24, 2.45) is 0 Å². The summed E-state index contributed by atoms with van der Waals surface area (Å²) in [6.45, 7) is 0. The van der Waals surface area contributed by atoms with Crippen molar-refractivity contribution < 1.29 is 4.52 Å². The van der Waals surface area contributed by atoms with E-state index in [0.29, 0.717) is 16.6 Å². The average molecular weight is 277 g/mol. The summed E-state index contributed by atoms with van der Waals surface area (Å²) in [6, 6.07) is 11.4. The predicted octanol–water partition coefficient (Wildman–Crippen LogP) is 4.31. The molecule has 0 bridgehead atoms. The maximum absolute atomic E-state index is 6.00. The fourth-order valence-corrected chi connectivity index (χ4v) is 2.70. The highest BCUT2D eigenvalue weighted by atomic mass is 35.5. The Hall–Kier alpha value is -1.78. The van der Waals surface area contributed by atoms with Crippen molar-refractivity contribution in [3.05, 3.63) is 46.8 Å². The maximum atomic E-state index is 6.00. The Bertz CT molecular complexity index is 676. The van der Waals surface area contributed by atoms with Gasteiger partial charge in [-0.25, -0.2) is 0 Å². The zero-order chi connectivity index (χ0) is 12.5. The molecule has 2 N–H and O–H groups in total. The van der Waals surface area contributed by atoms with E-state index in [4.69, 9.17) is 21.9 Å². The molecule has 0 unspecified atom stereocenters. The van der Waals surface area contributed by atoms with Crippen molar-refractivity contribution in [1.29, 1.82) is 0 Å². The molecule has 0 fully saturated rings. The van der Waals surface area contributed by atoms with Crippen LogP contribution in [0.4, 0.5) is 5.82 Å². The van der Waals surface area contributed by atoms with Crippen LogP contribution in [0.1, 0.15) is 0 Å². The molecule has 0 radical (unpaired) electrons. The summed E-state index contributed by atoms with van der Waals surface area (Å²) in [4.78, 5) is 0.995. The summed E-state index contributed by atoms with van der Waals surface area (Å²) in [6.07, 6.45) is 0. The zero-order valence-electron chi connectivity index (χ0n) is 9.26. The van der Waals surface area contributed by atoms with Crippen LogP contribution in [0.15, 0.2) is 46.3 Å². The van der Waals surface area contributed by atoms with Gasteiger partial charge in [0.25, 0.3) is 0 Å². The molecule has 0 saturated heterocycles. The van der Waals surface area contributed by atoms with Crippen LogP contribution >= 0.6 is 22.9 Å². The number of benzene rings is 1. The van der Waals surface area contributed by atoms with Crippen LogP contribution < -0.4 is 5.73 Å². The molecule has 3 rings (SSSR count). The second-order valence-corrected chi connectivity index (χ2v) is 5.14. The van der Waals surface area contributed by atoms with Crippen molar-refractivity contribution in [3.8, 4) is 21.8 Å². The van der Waals surface area contributed by atoms with Crippen molar-refractivity contribution in [2.45, 2.75) is 0 Å². The van der Waals surface area contributed by atoms with Gasteiger partial charge in [0.1, 0.15) is 0 Å². The van der Waals surface area contributed by atoms with E-state index in [-0.39, 0.29) is 0 Å². The standard InChI is InChI=1S/C13H9ClN2OS/c14-9-4-1-3-8(7-9)11-12(17-16-13(11)15)10-5-2-6-18-10/h1-7H,(H2,15,16). The smallest absolute Gasteiger partial charge is 0.186 e. The van der Waals surface area contributed by atoms with Crippen LogP contribution in [0.25, 0.3) is 21.8 Å². The molecule has 0 spiro atoms. The first kappa shape index (κ1) is 11.3. The second-order valence-electron chi connectivity index (χ2n) is 3.76. The van der Waals surface area contributed by atoms with E-state index in [1.165, 1.54) is 0 Å². The highest BCUT2D eigenvalue weighted by molar-refractivity contribution is 7.13. The monoisotopic (exact) mass is 276 g/mol. The maximum Gasteiger partial charge on any atom is 0.186 e. The Labute approximate surface area is 113 Å². The third-order valence-electron chi connectivity index (χ3n) is 2.58. The molecule has 3 nitrogen and oxygen atoms in total. The SMILES string of the molecule is Nc1noc(-c2cccs2)c1-c1cccc(Cl)c1. The highest BCUT2D eigenvalue weighted by Crippen LogP contribution is 2.38. The number of halogens is 1. The lowest BCUT2D eigenvalue weighted by atomic mass is 10.1. The van der Waals surface area contributed by atoms with E-state index in [1.807, 2.05) is 41.8 Å². The molecule has 18 heavy (non-hydrogen) atoms. The van der Waals surface area contributed by atoms with E-state index in [0.717, 1.165) is 16.0 Å². The number of thiophene rings is 1. The number of rotatable bonds is 2. The van der Waals surface area contributed by atoms with Gasteiger partial charge in [-0.3, -0.25) is 0 Å². The molecule has 0 aliphatic heterocycles. The first-order valence-corrected chi connectivity index (χ1v) is 6.56. The molecule has 2 aromatic heterocycles. The van der Waals surface area contributed by atoms with E-state index < -0.39 is 0 Å². The lowest BCUT2D eigenvalue weighted by Gasteiger charge is -2.01. The van der Waals surface area contributed by atoms with Crippen LogP contribution in [-0.2, 0) is 0 Å². The van der Waals surface area contributed by atoms with Crippen LogP contribution in [0.2, 0.25) is 5.02 Å². The molecule has 0 saturated carbocycles. The Kier molecular flexibility index (Phi) is 2.81. The molecule has 90 valence electrons.